The summed E-state index contributed by atoms with van der Waals surface area (Å²) >= 11 is 1.33. The first-order valence-corrected chi connectivity index (χ1v) is 10.9. The number of Topliss-reactive ketones (excluding diaryl/α,β-unsaturated/α-hetero) is 1. The quantitative estimate of drug-likeness (QED) is 0.403. The van der Waals surface area contributed by atoms with Crippen LogP contribution >= 0.6 is 11.8 Å². The largest absolute Gasteiger partial charge is 0.497 e. The summed E-state index contributed by atoms with van der Waals surface area (Å²) in [6.07, 6.45) is 2.42. The lowest BCUT2D eigenvalue weighted by Gasteiger charge is -2.14. The Hall–Kier alpha value is -2.65. The normalized spacial score (nSPS) is 16.2. The number of rotatable bonds is 8. The number of benzene rings is 1. The van der Waals surface area contributed by atoms with Gasteiger partial charge in [0.15, 0.2) is 5.78 Å². The molecule has 0 aliphatic carbocycles. The molecule has 1 aliphatic rings. The molecule has 3 heterocycles. The van der Waals surface area contributed by atoms with Crippen LogP contribution < -0.4 is 4.74 Å². The number of ketones is 1. The first-order chi connectivity index (χ1) is 14.6. The van der Waals surface area contributed by atoms with Gasteiger partial charge in [0.2, 0.25) is 5.16 Å². The lowest BCUT2D eigenvalue weighted by Crippen LogP contribution is -2.17. The minimum atomic E-state index is 0.0657. The van der Waals surface area contributed by atoms with Crippen LogP contribution in [0.15, 0.2) is 35.5 Å². The number of nitrogens with zero attached hydrogens (tertiary/aromatic N) is 5. The van der Waals surface area contributed by atoms with E-state index in [0.29, 0.717) is 5.16 Å². The Kier molecular flexibility index (Phi) is 6.19. The zero-order chi connectivity index (χ0) is 21.1. The Morgan fingerprint density at radius 2 is 2.10 bits per heavy atom. The molecule has 0 saturated carbocycles. The molecule has 0 spiro atoms. The fourth-order valence-corrected chi connectivity index (χ4v) is 4.49. The third kappa shape index (κ3) is 4.27. The number of ether oxygens (including phenoxy) is 2. The van der Waals surface area contributed by atoms with Gasteiger partial charge in [0.25, 0.3) is 0 Å². The van der Waals surface area contributed by atoms with Crippen LogP contribution in [0.25, 0.3) is 5.69 Å². The Morgan fingerprint density at radius 1 is 1.30 bits per heavy atom. The number of thioether (sulfide) groups is 1. The van der Waals surface area contributed by atoms with E-state index >= 15 is 0 Å². The van der Waals surface area contributed by atoms with E-state index in [0.717, 1.165) is 54.4 Å². The number of aromatic nitrogens is 5. The van der Waals surface area contributed by atoms with E-state index in [9.17, 15) is 4.79 Å². The minimum Gasteiger partial charge on any atom is -0.497 e. The van der Waals surface area contributed by atoms with E-state index in [1.807, 2.05) is 44.2 Å². The number of aryl methyl sites for hydroxylation is 1. The van der Waals surface area contributed by atoms with Crippen molar-refractivity contribution in [3.05, 3.63) is 47.3 Å². The molecule has 2 aromatic heterocycles. The third-order valence-electron chi connectivity index (χ3n) is 5.37. The molecule has 158 valence electrons. The molecule has 0 radical (unpaired) electrons. The van der Waals surface area contributed by atoms with Crippen molar-refractivity contribution in [1.82, 2.24) is 24.8 Å². The fraction of sp³-hybridized carbons (Fsp3) is 0.429. The number of tetrazole rings is 1. The van der Waals surface area contributed by atoms with Crippen LogP contribution in [-0.2, 0) is 11.3 Å². The van der Waals surface area contributed by atoms with Gasteiger partial charge in [-0.2, -0.15) is 4.68 Å². The van der Waals surface area contributed by atoms with Gasteiger partial charge >= 0.3 is 0 Å². The van der Waals surface area contributed by atoms with Crippen molar-refractivity contribution < 1.29 is 14.3 Å². The first-order valence-electron chi connectivity index (χ1n) is 9.94. The molecular weight excluding hydrogens is 402 g/mol. The number of methoxy groups -OCH3 is 1. The summed E-state index contributed by atoms with van der Waals surface area (Å²) in [7, 11) is 1.62. The molecular formula is C21H25N5O3S. The smallest absolute Gasteiger partial charge is 0.214 e. The summed E-state index contributed by atoms with van der Waals surface area (Å²) in [6.45, 7) is 5.67. The van der Waals surface area contributed by atoms with Gasteiger partial charge in [-0.05, 0) is 67.4 Å². The summed E-state index contributed by atoms with van der Waals surface area (Å²) in [5.41, 5.74) is 3.63. The zero-order valence-corrected chi connectivity index (χ0v) is 18.2. The second kappa shape index (κ2) is 9.01. The van der Waals surface area contributed by atoms with E-state index < -0.39 is 0 Å². The maximum atomic E-state index is 12.9. The second-order valence-electron chi connectivity index (χ2n) is 7.31. The van der Waals surface area contributed by atoms with Crippen molar-refractivity contribution in [3.63, 3.8) is 0 Å². The highest BCUT2D eigenvalue weighted by molar-refractivity contribution is 7.99. The number of carbonyl (C=O) groups excluding carboxylic acids is 1. The van der Waals surface area contributed by atoms with Gasteiger partial charge in [-0.15, -0.1) is 5.10 Å². The summed E-state index contributed by atoms with van der Waals surface area (Å²) < 4.78 is 14.8. The molecule has 8 nitrogen and oxygen atoms in total. The standard InChI is InChI=1S/C21H25N5O3S/c1-14-11-19(15(2)25(14)12-18-5-4-10-29-18)20(27)13-30-21-22-23-24-26(21)16-6-8-17(28-3)9-7-16/h6-9,11,18H,4-5,10,12-13H2,1-3H3. The van der Waals surface area contributed by atoms with E-state index in [1.54, 1.807) is 11.8 Å². The fourth-order valence-electron chi connectivity index (χ4n) is 3.72. The molecule has 9 heteroatoms. The molecule has 1 atom stereocenters. The summed E-state index contributed by atoms with van der Waals surface area (Å²) in [5, 5.41) is 12.5. The molecule has 3 aromatic rings. The maximum Gasteiger partial charge on any atom is 0.214 e. The van der Waals surface area contributed by atoms with Gasteiger partial charge in [0, 0.05) is 30.1 Å². The van der Waals surface area contributed by atoms with Crippen molar-refractivity contribution >= 4 is 17.5 Å². The highest BCUT2D eigenvalue weighted by atomic mass is 32.2. The number of hydrogen-bond acceptors (Lipinski definition) is 7. The van der Waals surface area contributed by atoms with Crippen LogP contribution in [0.4, 0.5) is 0 Å². The first kappa shape index (κ1) is 20.6. The van der Waals surface area contributed by atoms with Crippen LogP contribution in [0, 0.1) is 13.8 Å². The van der Waals surface area contributed by atoms with Crippen molar-refractivity contribution in [1.29, 1.82) is 0 Å². The average Bonchev–Trinajstić information content (AvgIpc) is 3.50. The summed E-state index contributed by atoms with van der Waals surface area (Å²) in [6, 6.07) is 9.41. The molecule has 1 aliphatic heterocycles. The average molecular weight is 428 g/mol. The summed E-state index contributed by atoms with van der Waals surface area (Å²) in [4.78, 5) is 12.9. The second-order valence-corrected chi connectivity index (χ2v) is 8.26. The lowest BCUT2D eigenvalue weighted by molar-refractivity contribution is 0.0957. The van der Waals surface area contributed by atoms with Crippen LogP contribution in [0.2, 0.25) is 0 Å². The maximum absolute atomic E-state index is 12.9. The monoisotopic (exact) mass is 427 g/mol. The highest BCUT2D eigenvalue weighted by Gasteiger charge is 2.21. The van der Waals surface area contributed by atoms with Gasteiger partial charge in [-0.3, -0.25) is 4.79 Å². The van der Waals surface area contributed by atoms with Crippen molar-refractivity contribution in [2.75, 3.05) is 19.5 Å². The third-order valence-corrected chi connectivity index (χ3v) is 6.29. The Labute approximate surface area is 179 Å². The molecule has 0 amide bonds. The Bertz CT molecular complexity index is 1020. The van der Waals surface area contributed by atoms with Gasteiger partial charge in [0.05, 0.1) is 24.7 Å². The minimum absolute atomic E-state index is 0.0657. The Balaban J connectivity index is 1.45. The van der Waals surface area contributed by atoms with E-state index in [-0.39, 0.29) is 17.6 Å². The van der Waals surface area contributed by atoms with Gasteiger partial charge in [-0.1, -0.05) is 11.8 Å². The van der Waals surface area contributed by atoms with Crippen LogP contribution in [0.1, 0.15) is 34.6 Å². The molecule has 1 fully saturated rings. The van der Waals surface area contributed by atoms with Gasteiger partial charge in [0.1, 0.15) is 5.75 Å². The number of carbonyl (C=O) groups is 1. The van der Waals surface area contributed by atoms with Crippen LogP contribution in [0.3, 0.4) is 0 Å². The molecule has 1 aromatic carbocycles. The predicted molar refractivity (Wildman–Crippen MR) is 114 cm³/mol. The van der Waals surface area contributed by atoms with E-state index in [2.05, 4.69) is 20.1 Å². The van der Waals surface area contributed by atoms with Crippen LogP contribution in [0.5, 0.6) is 5.75 Å². The number of hydrogen-bond donors (Lipinski definition) is 0. The highest BCUT2D eigenvalue weighted by Crippen LogP contribution is 2.24. The molecule has 30 heavy (non-hydrogen) atoms. The molecule has 4 rings (SSSR count). The lowest BCUT2D eigenvalue weighted by atomic mass is 10.2. The molecule has 0 N–H and O–H groups in total. The van der Waals surface area contributed by atoms with Crippen molar-refractivity contribution in [2.45, 2.75) is 44.5 Å². The molecule has 1 saturated heterocycles. The molecule has 0 bridgehead atoms. The van der Waals surface area contributed by atoms with E-state index in [1.165, 1.54) is 11.8 Å². The van der Waals surface area contributed by atoms with E-state index in [4.69, 9.17) is 9.47 Å². The predicted octanol–water partition coefficient (Wildman–Crippen LogP) is 3.24. The van der Waals surface area contributed by atoms with Crippen LogP contribution in [-0.4, -0.2) is 56.1 Å². The SMILES string of the molecule is COc1ccc(-n2nnnc2SCC(=O)c2cc(C)n(CC3CCCO3)c2C)cc1. The van der Waals surface area contributed by atoms with Crippen molar-refractivity contribution in [2.24, 2.45) is 0 Å². The Morgan fingerprint density at radius 3 is 2.80 bits per heavy atom. The zero-order valence-electron chi connectivity index (χ0n) is 17.4. The summed E-state index contributed by atoms with van der Waals surface area (Å²) in [5.74, 6) is 1.09. The van der Waals surface area contributed by atoms with Gasteiger partial charge < -0.3 is 14.0 Å². The topological polar surface area (TPSA) is 84.1 Å². The molecule has 1 unspecified atom stereocenters. The van der Waals surface area contributed by atoms with Gasteiger partial charge in [-0.25, -0.2) is 0 Å². The van der Waals surface area contributed by atoms with Crippen molar-refractivity contribution in [3.8, 4) is 11.4 Å².